The van der Waals surface area contributed by atoms with Crippen molar-refractivity contribution in [3.8, 4) is 0 Å². The summed E-state index contributed by atoms with van der Waals surface area (Å²) in [5, 5.41) is 1.64. The van der Waals surface area contributed by atoms with Crippen molar-refractivity contribution in [2.75, 3.05) is 11.9 Å². The maximum absolute atomic E-state index is 4.52. The minimum Gasteiger partial charge on any atom is -0.313 e. The third-order valence-electron chi connectivity index (χ3n) is 2.92. The smallest absolute Gasteiger partial charge is 0.234 e. The van der Waals surface area contributed by atoms with Gasteiger partial charge in [0.1, 0.15) is 0 Å². The van der Waals surface area contributed by atoms with E-state index in [9.17, 15) is 0 Å². The number of anilines is 2. The largest absolute Gasteiger partial charge is 0.313 e. The molecule has 1 unspecified atom stereocenters. The summed E-state index contributed by atoms with van der Waals surface area (Å²) < 4.78 is 0. The fraction of sp³-hybridized carbons (Fsp3) is 0.357. The number of thiol groups is 1. The first kappa shape index (κ1) is 15.1. The molecule has 1 atom stereocenters. The fourth-order valence-corrected chi connectivity index (χ4v) is 2.62. The van der Waals surface area contributed by atoms with Crippen LogP contribution in [-0.2, 0) is 0 Å². The molecule has 6 heteroatoms. The second kappa shape index (κ2) is 6.95. The number of para-hydroxylation sites is 1. The van der Waals surface area contributed by atoms with Crippen LogP contribution < -0.4 is 4.90 Å². The quantitative estimate of drug-likeness (QED) is 0.672. The van der Waals surface area contributed by atoms with E-state index in [4.69, 9.17) is 0 Å². The van der Waals surface area contributed by atoms with Crippen molar-refractivity contribution in [1.82, 2.24) is 15.0 Å². The van der Waals surface area contributed by atoms with Crippen molar-refractivity contribution < 1.29 is 0 Å². The van der Waals surface area contributed by atoms with Gasteiger partial charge in [0.05, 0.1) is 0 Å². The van der Waals surface area contributed by atoms with E-state index in [0.717, 1.165) is 17.3 Å². The van der Waals surface area contributed by atoms with E-state index in [0.29, 0.717) is 16.4 Å². The number of nitrogens with zero attached hydrogens (tertiary/aromatic N) is 4. The molecule has 4 nitrogen and oxygen atoms in total. The Morgan fingerprint density at radius 3 is 2.55 bits per heavy atom. The molecule has 106 valence electrons. The second-order valence-corrected chi connectivity index (χ2v) is 6.25. The maximum Gasteiger partial charge on any atom is 0.234 e. The van der Waals surface area contributed by atoms with Crippen molar-refractivity contribution in [3.63, 3.8) is 0 Å². The average Bonchev–Trinajstić information content (AvgIpc) is 2.46. The fourth-order valence-electron chi connectivity index (χ4n) is 1.57. The highest BCUT2D eigenvalue weighted by Gasteiger charge is 2.12. The van der Waals surface area contributed by atoms with E-state index in [1.165, 1.54) is 0 Å². The molecule has 1 aromatic heterocycles. The molecule has 2 rings (SSSR count). The Morgan fingerprint density at radius 2 is 1.90 bits per heavy atom. The molecule has 0 aliphatic carbocycles. The van der Waals surface area contributed by atoms with Gasteiger partial charge >= 0.3 is 0 Å². The van der Waals surface area contributed by atoms with Crippen LogP contribution in [0, 0.1) is 0 Å². The van der Waals surface area contributed by atoms with Crippen LogP contribution in [0.3, 0.4) is 0 Å². The molecule has 0 aliphatic rings. The van der Waals surface area contributed by atoms with Gasteiger partial charge in [-0.3, -0.25) is 0 Å². The molecule has 0 saturated carbocycles. The lowest BCUT2D eigenvalue weighted by Gasteiger charge is -2.18. The first-order chi connectivity index (χ1) is 9.60. The molecule has 2 aromatic rings. The third kappa shape index (κ3) is 3.86. The Bertz CT molecular complexity index is 562. The number of benzene rings is 1. The molecule has 1 aromatic carbocycles. The van der Waals surface area contributed by atoms with Crippen LogP contribution in [-0.4, -0.2) is 27.2 Å². The summed E-state index contributed by atoms with van der Waals surface area (Å²) in [6.07, 6.45) is 1.07. The van der Waals surface area contributed by atoms with Crippen molar-refractivity contribution in [2.24, 2.45) is 0 Å². The van der Waals surface area contributed by atoms with Crippen LogP contribution in [0.5, 0.6) is 0 Å². The third-order valence-corrected chi connectivity index (χ3v) is 4.25. The van der Waals surface area contributed by atoms with Crippen molar-refractivity contribution in [3.05, 3.63) is 30.3 Å². The molecular weight excluding hydrogens is 288 g/mol. The SMILES string of the molecule is CCC(C)Sc1nc(S)nc(N(C)c2ccccc2)n1. The van der Waals surface area contributed by atoms with Crippen molar-refractivity contribution >= 4 is 36.0 Å². The average molecular weight is 306 g/mol. The minimum absolute atomic E-state index is 0.448. The van der Waals surface area contributed by atoms with Crippen LogP contribution >= 0.6 is 24.4 Å². The lowest BCUT2D eigenvalue weighted by molar-refractivity contribution is 0.785. The summed E-state index contributed by atoms with van der Waals surface area (Å²) in [5.74, 6) is 0.613. The maximum atomic E-state index is 4.52. The lowest BCUT2D eigenvalue weighted by atomic mass is 10.3. The van der Waals surface area contributed by atoms with Gasteiger partial charge in [0.2, 0.25) is 5.95 Å². The summed E-state index contributed by atoms with van der Waals surface area (Å²) >= 11 is 5.93. The van der Waals surface area contributed by atoms with Crippen molar-refractivity contribution in [1.29, 1.82) is 0 Å². The van der Waals surface area contributed by atoms with E-state index >= 15 is 0 Å². The Hall–Kier alpha value is -1.27. The highest BCUT2D eigenvalue weighted by Crippen LogP contribution is 2.26. The lowest BCUT2D eigenvalue weighted by Crippen LogP contribution is -2.14. The van der Waals surface area contributed by atoms with E-state index in [-0.39, 0.29) is 0 Å². The van der Waals surface area contributed by atoms with Crippen molar-refractivity contribution in [2.45, 2.75) is 35.8 Å². The monoisotopic (exact) mass is 306 g/mol. The molecule has 0 N–H and O–H groups in total. The summed E-state index contributed by atoms with van der Waals surface area (Å²) in [6, 6.07) is 10.00. The highest BCUT2D eigenvalue weighted by atomic mass is 32.2. The minimum atomic E-state index is 0.448. The number of hydrogen-bond acceptors (Lipinski definition) is 6. The Balaban J connectivity index is 2.28. The van der Waals surface area contributed by atoms with E-state index in [1.54, 1.807) is 11.8 Å². The summed E-state index contributed by atoms with van der Waals surface area (Å²) in [6.45, 7) is 4.31. The summed E-state index contributed by atoms with van der Waals surface area (Å²) in [4.78, 5) is 15.0. The van der Waals surface area contributed by atoms with Crippen LogP contribution in [0.25, 0.3) is 0 Å². The first-order valence-electron chi connectivity index (χ1n) is 6.50. The van der Waals surface area contributed by atoms with E-state index < -0.39 is 0 Å². The van der Waals surface area contributed by atoms with Crippen LogP contribution in [0.4, 0.5) is 11.6 Å². The number of hydrogen-bond donors (Lipinski definition) is 1. The normalized spacial score (nSPS) is 12.2. The van der Waals surface area contributed by atoms with Gasteiger partial charge in [-0.1, -0.05) is 43.8 Å². The molecule has 0 amide bonds. The predicted molar refractivity (Wildman–Crippen MR) is 87.2 cm³/mol. The van der Waals surface area contributed by atoms with Gasteiger partial charge in [-0.25, -0.2) is 0 Å². The van der Waals surface area contributed by atoms with Gasteiger partial charge in [0, 0.05) is 18.0 Å². The van der Waals surface area contributed by atoms with Gasteiger partial charge in [-0.05, 0) is 18.6 Å². The van der Waals surface area contributed by atoms with Crippen LogP contribution in [0.1, 0.15) is 20.3 Å². The number of aromatic nitrogens is 3. The van der Waals surface area contributed by atoms with E-state index in [2.05, 4.69) is 41.4 Å². The Labute approximate surface area is 129 Å². The Kier molecular flexibility index (Phi) is 5.25. The number of rotatable bonds is 5. The summed E-state index contributed by atoms with van der Waals surface area (Å²) in [7, 11) is 1.94. The standard InChI is InChI=1S/C14H18N4S2/c1-4-10(2)20-14-16-12(15-13(19)17-14)18(3)11-8-6-5-7-9-11/h5-10H,4H2,1-3H3,(H,15,16,17,19). The summed E-state index contributed by atoms with van der Waals surface area (Å²) in [5.41, 5.74) is 1.03. The van der Waals surface area contributed by atoms with Gasteiger partial charge in [0.15, 0.2) is 10.3 Å². The zero-order valence-electron chi connectivity index (χ0n) is 11.8. The zero-order valence-corrected chi connectivity index (χ0v) is 13.5. The molecule has 0 fully saturated rings. The molecule has 0 saturated heterocycles. The second-order valence-electron chi connectivity index (χ2n) is 4.45. The molecule has 1 heterocycles. The van der Waals surface area contributed by atoms with Gasteiger partial charge in [0.25, 0.3) is 0 Å². The topological polar surface area (TPSA) is 41.9 Å². The van der Waals surface area contributed by atoms with Gasteiger partial charge in [-0.15, -0.1) is 12.6 Å². The number of thioether (sulfide) groups is 1. The highest BCUT2D eigenvalue weighted by molar-refractivity contribution is 7.99. The van der Waals surface area contributed by atoms with E-state index in [1.807, 2.05) is 42.3 Å². The first-order valence-corrected chi connectivity index (χ1v) is 7.83. The Morgan fingerprint density at radius 1 is 1.20 bits per heavy atom. The van der Waals surface area contributed by atoms with Gasteiger partial charge < -0.3 is 4.90 Å². The molecular formula is C14H18N4S2. The molecule has 20 heavy (non-hydrogen) atoms. The molecule has 0 spiro atoms. The predicted octanol–water partition coefficient (Wildman–Crippen LogP) is 3.82. The molecule has 0 radical (unpaired) electrons. The molecule has 0 aliphatic heterocycles. The molecule has 0 bridgehead atoms. The van der Waals surface area contributed by atoms with Crippen LogP contribution in [0.15, 0.2) is 40.6 Å². The van der Waals surface area contributed by atoms with Gasteiger partial charge in [-0.2, -0.15) is 15.0 Å². The van der Waals surface area contributed by atoms with Crippen LogP contribution in [0.2, 0.25) is 0 Å². The zero-order chi connectivity index (χ0) is 14.5.